The number of ketones is 2. The Bertz CT molecular complexity index is 340. The van der Waals surface area contributed by atoms with Crippen LogP contribution in [-0.4, -0.2) is 11.6 Å². The second-order valence-corrected chi connectivity index (χ2v) is 3.15. The highest BCUT2D eigenvalue weighted by Crippen LogP contribution is 2.05. The molecule has 1 aromatic rings. The molecule has 13 heavy (non-hydrogen) atoms. The van der Waals surface area contributed by atoms with E-state index in [2.05, 4.69) is 0 Å². The van der Waals surface area contributed by atoms with Crippen LogP contribution < -0.4 is 0 Å². The lowest BCUT2D eigenvalue weighted by molar-refractivity contribution is -0.134. The molecule has 0 spiro atoms. The van der Waals surface area contributed by atoms with Crippen molar-refractivity contribution in [3.05, 3.63) is 35.4 Å². The lowest BCUT2D eigenvalue weighted by Gasteiger charge is -1.99. The molecule has 2 nitrogen and oxygen atoms in total. The van der Waals surface area contributed by atoms with E-state index in [1.54, 1.807) is 0 Å². The zero-order valence-electron chi connectivity index (χ0n) is 7.83. The van der Waals surface area contributed by atoms with Crippen molar-refractivity contribution in [3.8, 4) is 0 Å². The van der Waals surface area contributed by atoms with Gasteiger partial charge in [-0.2, -0.15) is 0 Å². The fourth-order valence-electron chi connectivity index (χ4n) is 1.13. The Balaban J connectivity index is 2.75. The van der Waals surface area contributed by atoms with Gasteiger partial charge in [0.25, 0.3) is 0 Å². The Morgan fingerprint density at radius 3 is 2.54 bits per heavy atom. The summed E-state index contributed by atoms with van der Waals surface area (Å²) in [6.45, 7) is 3.26. The number of Topliss-reactive ketones (excluding diaryl/α,β-unsaturated/α-hetero) is 2. The van der Waals surface area contributed by atoms with E-state index in [9.17, 15) is 9.59 Å². The molecule has 2 heteroatoms. The SMILES string of the molecule is CC(=O)C(=O)Cc1cccc(C)c1. The summed E-state index contributed by atoms with van der Waals surface area (Å²) >= 11 is 0. The molecule has 0 aliphatic heterocycles. The molecular formula is C11H12O2. The maximum Gasteiger partial charge on any atom is 0.202 e. The van der Waals surface area contributed by atoms with Gasteiger partial charge in [-0.3, -0.25) is 9.59 Å². The fourth-order valence-corrected chi connectivity index (χ4v) is 1.13. The summed E-state index contributed by atoms with van der Waals surface area (Å²) in [5, 5.41) is 0. The van der Waals surface area contributed by atoms with Crippen molar-refractivity contribution in [1.82, 2.24) is 0 Å². The van der Waals surface area contributed by atoms with Gasteiger partial charge in [-0.1, -0.05) is 29.8 Å². The smallest absolute Gasteiger partial charge is 0.202 e. The topological polar surface area (TPSA) is 34.1 Å². The van der Waals surface area contributed by atoms with Crippen LogP contribution in [0.5, 0.6) is 0 Å². The molecule has 0 aliphatic carbocycles. The van der Waals surface area contributed by atoms with E-state index in [1.165, 1.54) is 6.92 Å². The molecule has 0 bridgehead atoms. The normalized spacial score (nSPS) is 9.69. The van der Waals surface area contributed by atoms with E-state index in [-0.39, 0.29) is 18.0 Å². The van der Waals surface area contributed by atoms with Crippen LogP contribution in [0.3, 0.4) is 0 Å². The van der Waals surface area contributed by atoms with E-state index in [4.69, 9.17) is 0 Å². The van der Waals surface area contributed by atoms with Crippen LogP contribution in [-0.2, 0) is 16.0 Å². The maximum atomic E-state index is 11.1. The number of aryl methyl sites for hydroxylation is 1. The van der Waals surface area contributed by atoms with Crippen LogP contribution in [0.25, 0.3) is 0 Å². The summed E-state index contributed by atoms with van der Waals surface area (Å²) in [7, 11) is 0. The maximum absolute atomic E-state index is 11.1. The zero-order valence-corrected chi connectivity index (χ0v) is 7.83. The van der Waals surface area contributed by atoms with Crippen molar-refractivity contribution in [2.45, 2.75) is 20.3 Å². The van der Waals surface area contributed by atoms with Crippen molar-refractivity contribution in [1.29, 1.82) is 0 Å². The van der Waals surface area contributed by atoms with Gasteiger partial charge in [0.15, 0.2) is 5.78 Å². The summed E-state index contributed by atoms with van der Waals surface area (Å²) in [6.07, 6.45) is 0.219. The van der Waals surface area contributed by atoms with Crippen LogP contribution in [0.4, 0.5) is 0 Å². The fraction of sp³-hybridized carbons (Fsp3) is 0.273. The first-order valence-electron chi connectivity index (χ1n) is 4.19. The number of hydrogen-bond donors (Lipinski definition) is 0. The summed E-state index contributed by atoms with van der Waals surface area (Å²) < 4.78 is 0. The van der Waals surface area contributed by atoms with Crippen molar-refractivity contribution < 1.29 is 9.59 Å². The highest BCUT2D eigenvalue weighted by molar-refractivity contribution is 6.36. The van der Waals surface area contributed by atoms with Gasteiger partial charge >= 0.3 is 0 Å². The second-order valence-electron chi connectivity index (χ2n) is 3.15. The predicted molar refractivity (Wildman–Crippen MR) is 50.6 cm³/mol. The minimum Gasteiger partial charge on any atom is -0.291 e. The second kappa shape index (κ2) is 3.99. The molecule has 0 aromatic heterocycles. The molecule has 0 saturated heterocycles. The highest BCUT2D eigenvalue weighted by Gasteiger charge is 2.08. The molecule has 0 aliphatic rings. The quantitative estimate of drug-likeness (QED) is 0.657. The average molecular weight is 176 g/mol. The first-order chi connectivity index (χ1) is 6.09. The van der Waals surface area contributed by atoms with Crippen LogP contribution in [0.1, 0.15) is 18.1 Å². The Labute approximate surface area is 77.6 Å². The van der Waals surface area contributed by atoms with E-state index in [0.29, 0.717) is 0 Å². The lowest BCUT2D eigenvalue weighted by atomic mass is 10.1. The minimum absolute atomic E-state index is 0.219. The first-order valence-corrected chi connectivity index (χ1v) is 4.19. The molecule has 0 amide bonds. The van der Waals surface area contributed by atoms with Crippen molar-refractivity contribution in [3.63, 3.8) is 0 Å². The van der Waals surface area contributed by atoms with E-state index >= 15 is 0 Å². The van der Waals surface area contributed by atoms with Crippen LogP contribution >= 0.6 is 0 Å². The summed E-state index contributed by atoms with van der Waals surface area (Å²) in [5.74, 6) is -0.702. The standard InChI is InChI=1S/C11H12O2/c1-8-4-3-5-10(6-8)7-11(13)9(2)12/h3-6H,7H2,1-2H3. The van der Waals surface area contributed by atoms with Gasteiger partial charge in [0.2, 0.25) is 5.78 Å². The van der Waals surface area contributed by atoms with Crippen molar-refractivity contribution in [2.24, 2.45) is 0 Å². The van der Waals surface area contributed by atoms with Crippen LogP contribution in [0.15, 0.2) is 24.3 Å². The predicted octanol–water partition coefficient (Wildman–Crippen LogP) is 1.70. The molecule has 0 heterocycles. The number of carbonyl (C=O) groups is 2. The largest absolute Gasteiger partial charge is 0.291 e. The molecule has 0 saturated carbocycles. The third-order valence-electron chi connectivity index (χ3n) is 1.84. The van der Waals surface area contributed by atoms with Crippen molar-refractivity contribution in [2.75, 3.05) is 0 Å². The van der Waals surface area contributed by atoms with Gasteiger partial charge in [0.05, 0.1) is 0 Å². The van der Waals surface area contributed by atoms with E-state index < -0.39 is 0 Å². The minimum atomic E-state index is -0.374. The summed E-state index contributed by atoms with van der Waals surface area (Å²) in [4.78, 5) is 21.8. The molecule has 0 unspecified atom stereocenters. The molecule has 1 rings (SSSR count). The third kappa shape index (κ3) is 2.82. The number of carbonyl (C=O) groups excluding carboxylic acids is 2. The van der Waals surface area contributed by atoms with Gasteiger partial charge in [-0.05, 0) is 12.5 Å². The van der Waals surface area contributed by atoms with E-state index in [1.807, 2.05) is 31.2 Å². The average Bonchev–Trinajstić information content (AvgIpc) is 2.04. The monoisotopic (exact) mass is 176 g/mol. The van der Waals surface area contributed by atoms with E-state index in [0.717, 1.165) is 11.1 Å². The molecule has 0 radical (unpaired) electrons. The molecular weight excluding hydrogens is 164 g/mol. The molecule has 0 atom stereocenters. The molecule has 0 fully saturated rings. The lowest BCUT2D eigenvalue weighted by Crippen LogP contribution is -2.12. The Hall–Kier alpha value is -1.44. The highest BCUT2D eigenvalue weighted by atomic mass is 16.2. The molecule has 0 N–H and O–H groups in total. The number of rotatable bonds is 3. The Morgan fingerprint density at radius 1 is 1.31 bits per heavy atom. The molecule has 68 valence electrons. The number of hydrogen-bond acceptors (Lipinski definition) is 2. The zero-order chi connectivity index (χ0) is 9.84. The Kier molecular flexibility index (Phi) is 2.96. The van der Waals surface area contributed by atoms with Gasteiger partial charge in [0.1, 0.15) is 0 Å². The Morgan fingerprint density at radius 2 is 2.00 bits per heavy atom. The van der Waals surface area contributed by atoms with Crippen molar-refractivity contribution >= 4 is 11.6 Å². The molecule has 1 aromatic carbocycles. The summed E-state index contributed by atoms with van der Waals surface area (Å²) in [5.41, 5.74) is 2.01. The summed E-state index contributed by atoms with van der Waals surface area (Å²) in [6, 6.07) is 7.62. The van der Waals surface area contributed by atoms with Gasteiger partial charge in [-0.15, -0.1) is 0 Å². The van der Waals surface area contributed by atoms with Gasteiger partial charge in [0, 0.05) is 13.3 Å². The number of benzene rings is 1. The van der Waals surface area contributed by atoms with Gasteiger partial charge < -0.3 is 0 Å². The van der Waals surface area contributed by atoms with Gasteiger partial charge in [-0.25, -0.2) is 0 Å². The van der Waals surface area contributed by atoms with Crippen LogP contribution in [0.2, 0.25) is 0 Å². The van der Waals surface area contributed by atoms with Crippen LogP contribution in [0, 0.1) is 6.92 Å². The first kappa shape index (κ1) is 9.65. The third-order valence-corrected chi connectivity index (χ3v) is 1.84.